The molecular weight excluding hydrogens is 284 g/mol. The minimum Gasteiger partial charge on any atom is -0.370 e. The second-order valence-electron chi connectivity index (χ2n) is 3.69. The molecular formula is C13H19BrOS. The highest BCUT2D eigenvalue weighted by Gasteiger charge is 1.94. The first-order valence-electron chi connectivity index (χ1n) is 5.79. The Morgan fingerprint density at radius 2 is 1.88 bits per heavy atom. The molecule has 0 heterocycles. The lowest BCUT2D eigenvalue weighted by Gasteiger charge is -2.04. The van der Waals surface area contributed by atoms with E-state index in [9.17, 15) is 0 Å². The lowest BCUT2D eigenvalue weighted by molar-refractivity contribution is 0.177. The molecule has 0 unspecified atom stereocenters. The van der Waals surface area contributed by atoms with Gasteiger partial charge in [0.15, 0.2) is 0 Å². The molecule has 1 aromatic rings. The van der Waals surface area contributed by atoms with E-state index in [1.54, 1.807) is 11.8 Å². The summed E-state index contributed by atoms with van der Waals surface area (Å²) in [5.74, 6) is 0.758. The molecule has 0 bridgehead atoms. The lowest BCUT2D eigenvalue weighted by atomic mass is 10.2. The number of thioether (sulfide) groups is 1. The molecule has 16 heavy (non-hydrogen) atoms. The van der Waals surface area contributed by atoms with Crippen LogP contribution in [-0.4, -0.2) is 12.5 Å². The molecule has 1 aromatic carbocycles. The van der Waals surface area contributed by atoms with Crippen molar-refractivity contribution in [1.82, 2.24) is 0 Å². The predicted octanol–water partition coefficient (Wildman–Crippen LogP) is 5.10. The summed E-state index contributed by atoms with van der Waals surface area (Å²) in [6.45, 7) is 3.12. The van der Waals surface area contributed by atoms with E-state index in [1.165, 1.54) is 30.6 Å². The highest BCUT2D eigenvalue weighted by Crippen LogP contribution is 2.20. The van der Waals surface area contributed by atoms with Crippen molar-refractivity contribution in [3.8, 4) is 0 Å². The molecule has 0 atom stereocenters. The molecule has 0 fully saturated rings. The average Bonchev–Trinajstić information content (AvgIpc) is 2.30. The van der Waals surface area contributed by atoms with Crippen LogP contribution < -0.4 is 0 Å². The summed E-state index contributed by atoms with van der Waals surface area (Å²) in [5, 5.41) is 0. The predicted molar refractivity (Wildman–Crippen MR) is 75.0 cm³/mol. The van der Waals surface area contributed by atoms with Gasteiger partial charge in [0.05, 0.1) is 5.94 Å². The van der Waals surface area contributed by atoms with Crippen LogP contribution in [0.1, 0.15) is 32.6 Å². The number of hydrogen-bond donors (Lipinski definition) is 0. The third-order valence-corrected chi connectivity index (χ3v) is 3.68. The van der Waals surface area contributed by atoms with Gasteiger partial charge < -0.3 is 4.74 Å². The summed E-state index contributed by atoms with van der Waals surface area (Å²) in [4.78, 5) is 1.26. The Hall–Kier alpha value is 0.01000. The zero-order valence-electron chi connectivity index (χ0n) is 9.75. The van der Waals surface area contributed by atoms with Gasteiger partial charge in [0, 0.05) is 16.0 Å². The maximum atomic E-state index is 5.57. The number of unbranched alkanes of at least 4 members (excludes halogenated alkanes) is 3. The van der Waals surface area contributed by atoms with Crippen molar-refractivity contribution in [2.45, 2.75) is 37.5 Å². The van der Waals surface area contributed by atoms with Gasteiger partial charge in [0.25, 0.3) is 0 Å². The van der Waals surface area contributed by atoms with Crippen molar-refractivity contribution in [2.24, 2.45) is 0 Å². The van der Waals surface area contributed by atoms with Crippen LogP contribution >= 0.6 is 27.7 Å². The fraction of sp³-hybridized carbons (Fsp3) is 0.538. The Labute approximate surface area is 111 Å². The zero-order chi connectivity index (χ0) is 11.6. The van der Waals surface area contributed by atoms with Crippen molar-refractivity contribution in [3.63, 3.8) is 0 Å². The molecule has 3 heteroatoms. The third kappa shape index (κ3) is 6.56. The Balaban J connectivity index is 2.01. The molecule has 0 radical (unpaired) electrons. The van der Waals surface area contributed by atoms with Crippen molar-refractivity contribution in [2.75, 3.05) is 12.5 Å². The van der Waals surface area contributed by atoms with Crippen LogP contribution in [0.25, 0.3) is 0 Å². The van der Waals surface area contributed by atoms with Crippen LogP contribution in [0, 0.1) is 0 Å². The molecule has 0 N–H and O–H groups in total. The maximum Gasteiger partial charge on any atom is 0.0966 e. The van der Waals surface area contributed by atoms with Crippen molar-refractivity contribution < 1.29 is 4.74 Å². The fourth-order valence-corrected chi connectivity index (χ4v) is 2.26. The van der Waals surface area contributed by atoms with Crippen molar-refractivity contribution in [3.05, 3.63) is 28.7 Å². The Morgan fingerprint density at radius 3 is 2.56 bits per heavy atom. The summed E-state index contributed by atoms with van der Waals surface area (Å²) in [6.07, 6.45) is 5.09. The first-order valence-corrected chi connectivity index (χ1v) is 7.57. The summed E-state index contributed by atoms with van der Waals surface area (Å²) in [5.41, 5.74) is 0. The largest absolute Gasteiger partial charge is 0.370 e. The maximum absolute atomic E-state index is 5.57. The molecule has 0 aliphatic carbocycles. The van der Waals surface area contributed by atoms with Gasteiger partial charge in [-0.05, 0) is 30.7 Å². The fourth-order valence-electron chi connectivity index (χ4n) is 1.33. The van der Waals surface area contributed by atoms with Crippen molar-refractivity contribution in [1.29, 1.82) is 0 Å². The molecule has 1 rings (SSSR count). The SMILES string of the molecule is CCCCCCOCSc1ccc(Br)cc1. The minimum atomic E-state index is 0.758. The summed E-state index contributed by atoms with van der Waals surface area (Å²) in [7, 11) is 0. The Morgan fingerprint density at radius 1 is 1.12 bits per heavy atom. The summed E-state index contributed by atoms with van der Waals surface area (Å²) >= 11 is 5.17. The van der Waals surface area contributed by atoms with E-state index < -0.39 is 0 Å². The van der Waals surface area contributed by atoms with E-state index in [-0.39, 0.29) is 0 Å². The van der Waals surface area contributed by atoms with E-state index in [0.29, 0.717) is 0 Å². The first-order chi connectivity index (χ1) is 7.83. The number of hydrogen-bond acceptors (Lipinski definition) is 2. The van der Waals surface area contributed by atoms with Crippen LogP contribution in [-0.2, 0) is 4.74 Å². The normalized spacial score (nSPS) is 10.6. The second kappa shape index (κ2) is 9.08. The topological polar surface area (TPSA) is 9.23 Å². The second-order valence-corrected chi connectivity index (χ2v) is 5.60. The van der Waals surface area contributed by atoms with E-state index in [0.717, 1.165) is 17.0 Å². The van der Waals surface area contributed by atoms with E-state index >= 15 is 0 Å². The molecule has 0 aliphatic heterocycles. The number of rotatable bonds is 8. The van der Waals surface area contributed by atoms with Gasteiger partial charge >= 0.3 is 0 Å². The molecule has 0 aliphatic rings. The average molecular weight is 303 g/mol. The number of halogens is 1. The third-order valence-electron chi connectivity index (χ3n) is 2.26. The molecule has 0 spiro atoms. The lowest BCUT2D eigenvalue weighted by Crippen LogP contribution is -1.93. The molecule has 0 aromatic heterocycles. The standard InChI is InChI=1S/C13H19BrOS/c1-2-3-4-5-10-15-11-16-13-8-6-12(14)7-9-13/h6-9H,2-5,10-11H2,1H3. The molecule has 1 nitrogen and oxygen atoms in total. The van der Waals surface area contributed by atoms with Gasteiger partial charge in [0.2, 0.25) is 0 Å². The number of ether oxygens (including phenoxy) is 1. The van der Waals surface area contributed by atoms with E-state index in [1.807, 2.05) is 0 Å². The summed E-state index contributed by atoms with van der Waals surface area (Å²) < 4.78 is 6.69. The Bertz CT molecular complexity index is 274. The van der Waals surface area contributed by atoms with Crippen molar-refractivity contribution >= 4 is 27.7 Å². The number of benzene rings is 1. The van der Waals surface area contributed by atoms with Crippen LogP contribution in [0.5, 0.6) is 0 Å². The molecule has 0 amide bonds. The minimum absolute atomic E-state index is 0.758. The van der Waals surface area contributed by atoms with E-state index in [4.69, 9.17) is 4.74 Å². The zero-order valence-corrected chi connectivity index (χ0v) is 12.1. The Kier molecular flexibility index (Phi) is 7.99. The van der Waals surface area contributed by atoms with Gasteiger partial charge in [-0.2, -0.15) is 0 Å². The van der Waals surface area contributed by atoms with Gasteiger partial charge in [-0.25, -0.2) is 0 Å². The van der Waals surface area contributed by atoms with Crippen LogP contribution in [0.15, 0.2) is 33.6 Å². The van der Waals surface area contributed by atoms with Gasteiger partial charge in [0.1, 0.15) is 0 Å². The quantitative estimate of drug-likeness (QED) is 0.375. The van der Waals surface area contributed by atoms with Gasteiger partial charge in [-0.3, -0.25) is 0 Å². The van der Waals surface area contributed by atoms with Crippen LogP contribution in [0.4, 0.5) is 0 Å². The molecule has 0 saturated heterocycles. The van der Waals surface area contributed by atoms with Gasteiger partial charge in [-0.15, -0.1) is 0 Å². The highest BCUT2D eigenvalue weighted by atomic mass is 79.9. The van der Waals surface area contributed by atoms with Gasteiger partial charge in [-0.1, -0.05) is 53.9 Å². The van der Waals surface area contributed by atoms with Crippen LogP contribution in [0.3, 0.4) is 0 Å². The van der Waals surface area contributed by atoms with E-state index in [2.05, 4.69) is 47.1 Å². The first kappa shape index (κ1) is 14.1. The highest BCUT2D eigenvalue weighted by molar-refractivity contribution is 9.10. The van der Waals surface area contributed by atoms with Crippen LogP contribution in [0.2, 0.25) is 0 Å². The smallest absolute Gasteiger partial charge is 0.0966 e. The molecule has 0 saturated carbocycles. The molecule has 90 valence electrons. The monoisotopic (exact) mass is 302 g/mol. The summed E-state index contributed by atoms with van der Waals surface area (Å²) in [6, 6.07) is 8.33.